The fourth-order valence-corrected chi connectivity index (χ4v) is 5.12. The summed E-state index contributed by atoms with van der Waals surface area (Å²) in [4.78, 5) is 32.3. The van der Waals surface area contributed by atoms with E-state index in [2.05, 4.69) is 4.98 Å². The number of aliphatic hydroxyl groups is 1. The number of hydrogen-bond donors (Lipinski definition) is 1. The molecular formula is C24H17ClN2O6S. The molecule has 1 N–H and O–H groups in total. The van der Waals surface area contributed by atoms with Crippen molar-refractivity contribution >= 4 is 55.7 Å². The Labute approximate surface area is 202 Å². The second-order valence-electron chi connectivity index (χ2n) is 7.34. The molecule has 1 aliphatic heterocycles. The van der Waals surface area contributed by atoms with Crippen LogP contribution in [-0.4, -0.2) is 36.0 Å². The van der Waals surface area contributed by atoms with E-state index in [0.717, 1.165) is 4.70 Å². The number of aliphatic hydroxyl groups excluding tert-OH is 1. The van der Waals surface area contributed by atoms with Gasteiger partial charge in [0.25, 0.3) is 5.78 Å². The zero-order chi connectivity index (χ0) is 24.0. The van der Waals surface area contributed by atoms with Crippen LogP contribution in [0.25, 0.3) is 16.0 Å². The van der Waals surface area contributed by atoms with Crippen molar-refractivity contribution in [2.45, 2.75) is 6.04 Å². The minimum atomic E-state index is -1.04. The van der Waals surface area contributed by atoms with Crippen LogP contribution in [0.4, 0.5) is 5.13 Å². The van der Waals surface area contributed by atoms with Gasteiger partial charge in [-0.25, -0.2) is 4.98 Å². The molecule has 1 unspecified atom stereocenters. The first-order valence-electron chi connectivity index (χ1n) is 10.1. The lowest BCUT2D eigenvalue weighted by Gasteiger charge is -2.21. The van der Waals surface area contributed by atoms with E-state index < -0.39 is 23.5 Å². The quantitative estimate of drug-likeness (QED) is 0.230. The summed E-state index contributed by atoms with van der Waals surface area (Å²) in [5.41, 5.74) is 0.663. The van der Waals surface area contributed by atoms with Crippen LogP contribution in [0.2, 0.25) is 5.02 Å². The second kappa shape index (κ2) is 8.51. The maximum Gasteiger partial charge on any atom is 0.302 e. The van der Waals surface area contributed by atoms with Gasteiger partial charge in [0.15, 0.2) is 5.13 Å². The van der Waals surface area contributed by atoms with Crippen LogP contribution in [0.3, 0.4) is 0 Å². The summed E-state index contributed by atoms with van der Waals surface area (Å²) < 4.78 is 17.1. The fourth-order valence-electron chi connectivity index (χ4n) is 3.90. The molecule has 4 aromatic rings. The van der Waals surface area contributed by atoms with Crippen LogP contribution in [0.15, 0.2) is 64.8 Å². The molecule has 34 heavy (non-hydrogen) atoms. The highest BCUT2D eigenvalue weighted by atomic mass is 35.5. The molecule has 1 amide bonds. The van der Waals surface area contributed by atoms with Gasteiger partial charge < -0.3 is 19.0 Å². The number of halogens is 1. The SMILES string of the molecule is COc1cc(/C(O)=C2\C(=O)C(=O)N(c3nc4ccccc4s3)C2c2ccco2)c(OC)cc1Cl. The molecule has 8 nitrogen and oxygen atoms in total. The summed E-state index contributed by atoms with van der Waals surface area (Å²) in [5, 5.41) is 11.9. The topological polar surface area (TPSA) is 102 Å². The van der Waals surface area contributed by atoms with Gasteiger partial charge >= 0.3 is 5.91 Å². The van der Waals surface area contributed by atoms with E-state index in [1.165, 1.54) is 48.9 Å². The third kappa shape index (κ3) is 3.41. The van der Waals surface area contributed by atoms with Gasteiger partial charge in [0.2, 0.25) is 0 Å². The molecule has 172 valence electrons. The number of nitrogens with zero attached hydrogens (tertiary/aromatic N) is 2. The number of thiazole rings is 1. The van der Waals surface area contributed by atoms with Crippen molar-refractivity contribution in [3.8, 4) is 11.5 Å². The number of para-hydroxylation sites is 1. The average Bonchev–Trinajstić information content (AvgIpc) is 3.57. The Hall–Kier alpha value is -3.82. The minimum absolute atomic E-state index is 0.141. The number of amides is 1. The molecule has 0 spiro atoms. The predicted octanol–water partition coefficient (Wildman–Crippen LogP) is 5.19. The summed E-state index contributed by atoms with van der Waals surface area (Å²) >= 11 is 7.45. The summed E-state index contributed by atoms with van der Waals surface area (Å²) in [6.45, 7) is 0. The highest BCUT2D eigenvalue weighted by molar-refractivity contribution is 7.22. The number of Topliss-reactive ketones (excluding diaryl/α,β-unsaturated/α-hetero) is 1. The monoisotopic (exact) mass is 496 g/mol. The van der Waals surface area contributed by atoms with E-state index in [4.69, 9.17) is 25.5 Å². The summed E-state index contributed by atoms with van der Waals surface area (Å²) in [6, 6.07) is 12.5. The normalized spacial score (nSPS) is 17.5. The first-order chi connectivity index (χ1) is 16.4. The maximum atomic E-state index is 13.3. The predicted molar refractivity (Wildman–Crippen MR) is 128 cm³/mol. The second-order valence-corrected chi connectivity index (χ2v) is 8.75. The number of rotatable bonds is 5. The first kappa shape index (κ1) is 22.0. The third-order valence-corrected chi connectivity index (χ3v) is 6.81. The molecular weight excluding hydrogens is 480 g/mol. The first-order valence-corrected chi connectivity index (χ1v) is 11.3. The number of furan rings is 1. The molecule has 1 fully saturated rings. The number of carbonyl (C=O) groups excluding carboxylic acids is 2. The van der Waals surface area contributed by atoms with Crippen LogP contribution in [0.1, 0.15) is 17.4 Å². The zero-order valence-corrected chi connectivity index (χ0v) is 19.5. The van der Waals surface area contributed by atoms with Gasteiger partial charge in [0.05, 0.1) is 46.9 Å². The third-order valence-electron chi connectivity index (χ3n) is 5.47. The van der Waals surface area contributed by atoms with Crippen molar-refractivity contribution < 1.29 is 28.6 Å². The molecule has 5 rings (SSSR count). The minimum Gasteiger partial charge on any atom is -0.507 e. The Bertz CT molecular complexity index is 1430. The molecule has 1 aliphatic rings. The van der Waals surface area contributed by atoms with E-state index >= 15 is 0 Å². The molecule has 1 atom stereocenters. The van der Waals surface area contributed by atoms with E-state index in [0.29, 0.717) is 16.4 Å². The van der Waals surface area contributed by atoms with Gasteiger partial charge in [0.1, 0.15) is 29.1 Å². The Kier molecular flexibility index (Phi) is 5.51. The molecule has 1 saturated heterocycles. The van der Waals surface area contributed by atoms with Gasteiger partial charge in [0, 0.05) is 6.07 Å². The molecule has 0 saturated carbocycles. The molecule has 0 bridgehead atoms. The average molecular weight is 497 g/mol. The number of ketones is 1. The Morgan fingerprint density at radius 2 is 1.88 bits per heavy atom. The number of benzene rings is 2. The number of hydrogen-bond acceptors (Lipinski definition) is 8. The van der Waals surface area contributed by atoms with Crippen LogP contribution in [0.5, 0.6) is 11.5 Å². The highest BCUT2D eigenvalue weighted by Gasteiger charge is 2.49. The maximum absolute atomic E-state index is 13.3. The number of carbonyl (C=O) groups is 2. The summed E-state index contributed by atoms with van der Waals surface area (Å²) in [7, 11) is 2.82. The molecule has 3 heterocycles. The van der Waals surface area contributed by atoms with Crippen molar-refractivity contribution in [2.75, 3.05) is 19.1 Å². The largest absolute Gasteiger partial charge is 0.507 e. The molecule has 2 aromatic carbocycles. The Morgan fingerprint density at radius 3 is 2.56 bits per heavy atom. The van der Waals surface area contributed by atoms with E-state index in [-0.39, 0.29) is 27.7 Å². The van der Waals surface area contributed by atoms with Crippen LogP contribution in [-0.2, 0) is 9.59 Å². The summed E-state index contributed by atoms with van der Waals surface area (Å²) in [5.74, 6) is -1.40. The van der Waals surface area contributed by atoms with E-state index in [9.17, 15) is 14.7 Å². The van der Waals surface area contributed by atoms with E-state index in [1.54, 1.807) is 12.1 Å². The van der Waals surface area contributed by atoms with Gasteiger partial charge in [-0.15, -0.1) is 0 Å². The lowest BCUT2D eigenvalue weighted by molar-refractivity contribution is -0.132. The number of methoxy groups -OCH3 is 2. The number of anilines is 1. The highest BCUT2D eigenvalue weighted by Crippen LogP contribution is 2.46. The Morgan fingerprint density at radius 1 is 1.12 bits per heavy atom. The van der Waals surface area contributed by atoms with Crippen molar-refractivity contribution in [3.05, 3.63) is 76.7 Å². The van der Waals surface area contributed by atoms with Gasteiger partial charge in [-0.05, 0) is 30.3 Å². The lowest BCUT2D eigenvalue weighted by Crippen LogP contribution is -2.29. The smallest absolute Gasteiger partial charge is 0.302 e. The standard InChI is InChI=1S/C24H17ClN2O6S/c1-31-16-11-13(25)17(32-2)10-12(16)21(28)19-20(15-7-5-9-33-15)27(23(30)22(19)29)24-26-14-6-3-4-8-18(14)34-24/h3-11,20,28H,1-2H3/b21-19+. The van der Waals surface area contributed by atoms with Crippen molar-refractivity contribution in [2.24, 2.45) is 0 Å². The molecule has 10 heteroatoms. The fraction of sp³-hybridized carbons (Fsp3) is 0.125. The van der Waals surface area contributed by atoms with Crippen LogP contribution < -0.4 is 14.4 Å². The van der Waals surface area contributed by atoms with Gasteiger partial charge in [-0.1, -0.05) is 35.1 Å². The number of fused-ring (bicyclic) bond motifs is 1. The zero-order valence-electron chi connectivity index (χ0n) is 17.9. The van der Waals surface area contributed by atoms with Crippen molar-refractivity contribution in [1.82, 2.24) is 4.98 Å². The molecule has 2 aromatic heterocycles. The van der Waals surface area contributed by atoms with Gasteiger partial charge in [-0.3, -0.25) is 14.5 Å². The van der Waals surface area contributed by atoms with E-state index in [1.807, 2.05) is 24.3 Å². The van der Waals surface area contributed by atoms with Crippen LogP contribution in [0, 0.1) is 0 Å². The summed E-state index contributed by atoms with van der Waals surface area (Å²) in [6.07, 6.45) is 1.43. The number of ether oxygens (including phenoxy) is 2. The molecule has 0 aliphatic carbocycles. The molecule has 0 radical (unpaired) electrons. The van der Waals surface area contributed by atoms with Crippen molar-refractivity contribution in [3.63, 3.8) is 0 Å². The van der Waals surface area contributed by atoms with Crippen molar-refractivity contribution in [1.29, 1.82) is 0 Å². The lowest BCUT2D eigenvalue weighted by atomic mass is 9.98. The Balaban J connectivity index is 1.74. The number of aromatic nitrogens is 1. The van der Waals surface area contributed by atoms with Crippen LogP contribution >= 0.6 is 22.9 Å². The van der Waals surface area contributed by atoms with Gasteiger partial charge in [-0.2, -0.15) is 0 Å².